The van der Waals surface area contributed by atoms with Gasteiger partial charge in [-0.15, -0.1) is 0 Å². The molecular formula is C28H32N2O5S. The number of hydrogen-bond acceptors (Lipinski definition) is 5. The van der Waals surface area contributed by atoms with Gasteiger partial charge >= 0.3 is 0 Å². The fourth-order valence-corrected chi connectivity index (χ4v) is 5.90. The molecule has 0 saturated heterocycles. The van der Waals surface area contributed by atoms with Crippen LogP contribution in [0.3, 0.4) is 0 Å². The van der Waals surface area contributed by atoms with Crippen LogP contribution < -0.4 is 19.1 Å². The molecule has 0 aromatic heterocycles. The van der Waals surface area contributed by atoms with Gasteiger partial charge in [-0.1, -0.05) is 68.4 Å². The number of carbonyl (C=O) groups excluding carboxylic acids is 1. The molecule has 2 atom stereocenters. The number of methoxy groups -OCH3 is 1. The maximum atomic E-state index is 13.5. The number of anilines is 1. The van der Waals surface area contributed by atoms with Gasteiger partial charge in [0, 0.05) is 0 Å². The summed E-state index contributed by atoms with van der Waals surface area (Å²) < 4.78 is 39.5. The molecule has 0 unspecified atom stereocenters. The van der Waals surface area contributed by atoms with Crippen molar-refractivity contribution in [1.29, 1.82) is 0 Å². The fraction of sp³-hybridized carbons (Fsp3) is 0.321. The number of nitrogens with zero attached hydrogens (tertiary/aromatic N) is 1. The van der Waals surface area contributed by atoms with E-state index in [-0.39, 0.29) is 24.2 Å². The Morgan fingerprint density at radius 1 is 1.03 bits per heavy atom. The first-order valence-electron chi connectivity index (χ1n) is 12.0. The normalized spacial score (nSPS) is 16.1. The first-order chi connectivity index (χ1) is 17.3. The lowest BCUT2D eigenvalue weighted by molar-refractivity contribution is -0.128. The minimum absolute atomic E-state index is 0.102. The number of benzene rings is 3. The predicted molar refractivity (Wildman–Crippen MR) is 141 cm³/mol. The van der Waals surface area contributed by atoms with E-state index in [0.29, 0.717) is 22.9 Å². The van der Waals surface area contributed by atoms with E-state index in [1.807, 2.05) is 42.5 Å². The molecule has 190 valence electrons. The van der Waals surface area contributed by atoms with Gasteiger partial charge in [0.25, 0.3) is 5.91 Å². The van der Waals surface area contributed by atoms with E-state index < -0.39 is 16.1 Å². The van der Waals surface area contributed by atoms with Crippen molar-refractivity contribution in [2.75, 3.05) is 18.0 Å². The van der Waals surface area contributed by atoms with E-state index in [0.717, 1.165) is 17.7 Å². The van der Waals surface area contributed by atoms with Gasteiger partial charge in [0.1, 0.15) is 11.5 Å². The minimum atomic E-state index is -3.76. The molecule has 1 aliphatic rings. The number of para-hydroxylation sites is 2. The van der Waals surface area contributed by atoms with Crippen LogP contribution in [0.1, 0.15) is 37.4 Å². The number of hydrogen-bond donors (Lipinski definition) is 1. The van der Waals surface area contributed by atoms with Gasteiger partial charge in [-0.05, 0) is 47.7 Å². The first-order valence-corrected chi connectivity index (χ1v) is 13.6. The molecule has 0 radical (unpaired) electrons. The third-order valence-corrected chi connectivity index (χ3v) is 7.81. The average molecular weight is 509 g/mol. The number of carbonyl (C=O) groups is 1. The molecule has 0 saturated carbocycles. The van der Waals surface area contributed by atoms with E-state index in [2.05, 4.69) is 19.2 Å². The zero-order valence-corrected chi connectivity index (χ0v) is 21.6. The van der Waals surface area contributed by atoms with Gasteiger partial charge < -0.3 is 14.8 Å². The molecule has 1 amide bonds. The maximum absolute atomic E-state index is 13.5. The third kappa shape index (κ3) is 5.99. The van der Waals surface area contributed by atoms with Crippen molar-refractivity contribution in [3.8, 4) is 11.5 Å². The minimum Gasteiger partial charge on any atom is -0.497 e. The Bertz CT molecular complexity index is 1280. The highest BCUT2D eigenvalue weighted by Crippen LogP contribution is 2.36. The molecule has 36 heavy (non-hydrogen) atoms. The zero-order valence-electron chi connectivity index (χ0n) is 20.8. The molecule has 3 aromatic carbocycles. The summed E-state index contributed by atoms with van der Waals surface area (Å²) in [5.74, 6) is 0.905. The van der Waals surface area contributed by atoms with Crippen LogP contribution in [-0.2, 0) is 20.6 Å². The number of sulfonamides is 1. The van der Waals surface area contributed by atoms with Gasteiger partial charge in [0.15, 0.2) is 6.10 Å². The summed E-state index contributed by atoms with van der Waals surface area (Å²) in [6.07, 6.45) is -0.268. The summed E-state index contributed by atoms with van der Waals surface area (Å²) in [6.45, 7) is 4.08. The van der Waals surface area contributed by atoms with Crippen LogP contribution in [0, 0.1) is 5.92 Å². The number of amides is 1. The zero-order chi connectivity index (χ0) is 25.7. The van der Waals surface area contributed by atoms with E-state index in [1.165, 1.54) is 4.31 Å². The summed E-state index contributed by atoms with van der Waals surface area (Å²) in [7, 11) is -2.15. The first kappa shape index (κ1) is 25.6. The number of nitrogens with one attached hydrogen (secondary N) is 1. The lowest BCUT2D eigenvalue weighted by Gasteiger charge is -2.35. The largest absolute Gasteiger partial charge is 0.497 e. The molecule has 7 nitrogen and oxygen atoms in total. The van der Waals surface area contributed by atoms with Gasteiger partial charge in [-0.25, -0.2) is 8.42 Å². The second-order valence-corrected chi connectivity index (χ2v) is 11.2. The topological polar surface area (TPSA) is 84.9 Å². The van der Waals surface area contributed by atoms with Gasteiger partial charge in [-0.3, -0.25) is 9.10 Å². The Balaban J connectivity index is 1.58. The van der Waals surface area contributed by atoms with Crippen LogP contribution in [0.5, 0.6) is 11.5 Å². The van der Waals surface area contributed by atoms with Crippen LogP contribution in [0.25, 0.3) is 0 Å². The molecule has 0 aliphatic carbocycles. The Kier molecular flexibility index (Phi) is 7.84. The van der Waals surface area contributed by atoms with Crippen LogP contribution in [0.4, 0.5) is 5.69 Å². The van der Waals surface area contributed by atoms with E-state index >= 15 is 0 Å². The highest BCUT2D eigenvalue weighted by Gasteiger charge is 2.37. The van der Waals surface area contributed by atoms with Crippen LogP contribution in [0.15, 0.2) is 78.9 Å². The van der Waals surface area contributed by atoms with Crippen molar-refractivity contribution < 1.29 is 22.7 Å². The Labute approximate surface area is 213 Å². The monoisotopic (exact) mass is 508 g/mol. The summed E-state index contributed by atoms with van der Waals surface area (Å²) in [6, 6.07) is 23.3. The Hall–Kier alpha value is -3.52. The van der Waals surface area contributed by atoms with Crippen molar-refractivity contribution >= 4 is 21.6 Å². The maximum Gasteiger partial charge on any atom is 0.263 e. The second kappa shape index (κ2) is 11.0. The van der Waals surface area contributed by atoms with Crippen molar-refractivity contribution in [2.24, 2.45) is 5.92 Å². The molecule has 0 spiro atoms. The highest BCUT2D eigenvalue weighted by molar-refractivity contribution is 7.92. The standard InChI is InChI=1S/C28H32N2O5S/c1-20(2)17-24(22-13-15-23(34-3)16-14-22)29-28(31)27-18-30(25-11-7-8-12-26(25)35-27)36(32,33)19-21-9-5-4-6-10-21/h4-16,20,24,27H,17-19H2,1-3H3,(H,29,31)/t24-,27+/m1/s1. The van der Waals surface area contributed by atoms with Crippen molar-refractivity contribution in [1.82, 2.24) is 5.32 Å². The molecule has 1 heterocycles. The average Bonchev–Trinajstić information content (AvgIpc) is 2.87. The van der Waals surface area contributed by atoms with Crippen LogP contribution >= 0.6 is 0 Å². The quantitative estimate of drug-likeness (QED) is 0.453. The number of rotatable bonds is 9. The highest BCUT2D eigenvalue weighted by atomic mass is 32.2. The molecule has 0 fully saturated rings. The SMILES string of the molecule is COc1ccc([C@@H](CC(C)C)NC(=O)[C@@H]2CN(S(=O)(=O)Cc3ccccc3)c3ccccc3O2)cc1. The molecule has 0 bridgehead atoms. The van der Waals surface area contributed by atoms with Crippen LogP contribution in [-0.4, -0.2) is 34.1 Å². The third-order valence-electron chi connectivity index (χ3n) is 6.10. The fourth-order valence-electron chi connectivity index (χ4n) is 4.32. The molecule has 1 N–H and O–H groups in total. The molecule has 3 aromatic rings. The molecule has 4 rings (SSSR count). The summed E-state index contributed by atoms with van der Waals surface area (Å²) in [4.78, 5) is 13.4. The number of fused-ring (bicyclic) bond motifs is 1. The lowest BCUT2D eigenvalue weighted by atomic mass is 9.96. The predicted octanol–water partition coefficient (Wildman–Crippen LogP) is 4.70. The van der Waals surface area contributed by atoms with Gasteiger partial charge in [0.05, 0.1) is 31.1 Å². The second-order valence-electron chi connectivity index (χ2n) is 9.31. The van der Waals surface area contributed by atoms with Gasteiger partial charge in [0.2, 0.25) is 10.0 Å². The Morgan fingerprint density at radius 3 is 2.36 bits per heavy atom. The van der Waals surface area contributed by atoms with Crippen molar-refractivity contribution in [2.45, 2.75) is 38.2 Å². The van der Waals surface area contributed by atoms with Crippen molar-refractivity contribution in [3.63, 3.8) is 0 Å². The van der Waals surface area contributed by atoms with Crippen LogP contribution in [0.2, 0.25) is 0 Å². The number of ether oxygens (including phenoxy) is 2. The van der Waals surface area contributed by atoms with E-state index in [1.54, 1.807) is 43.5 Å². The van der Waals surface area contributed by atoms with Crippen molar-refractivity contribution in [3.05, 3.63) is 90.0 Å². The summed E-state index contributed by atoms with van der Waals surface area (Å²) in [5.41, 5.74) is 2.06. The summed E-state index contributed by atoms with van der Waals surface area (Å²) >= 11 is 0. The summed E-state index contributed by atoms with van der Waals surface area (Å²) in [5, 5.41) is 3.10. The van der Waals surface area contributed by atoms with E-state index in [4.69, 9.17) is 9.47 Å². The Morgan fingerprint density at radius 2 is 1.69 bits per heavy atom. The van der Waals surface area contributed by atoms with E-state index in [9.17, 15) is 13.2 Å². The smallest absolute Gasteiger partial charge is 0.263 e. The molecule has 1 aliphatic heterocycles. The molecular weight excluding hydrogens is 476 g/mol. The molecule has 8 heteroatoms. The lowest BCUT2D eigenvalue weighted by Crippen LogP contribution is -2.51. The van der Waals surface area contributed by atoms with Gasteiger partial charge in [-0.2, -0.15) is 0 Å².